The molecule has 0 aliphatic rings. The van der Waals surface area contributed by atoms with Gasteiger partial charge in [-0.15, -0.1) is 0 Å². The highest BCUT2D eigenvalue weighted by molar-refractivity contribution is 5.61. The highest BCUT2D eigenvalue weighted by Gasteiger charge is 2.11. The zero-order chi connectivity index (χ0) is 11.4. The number of nitrogens with one attached hydrogen (secondary N) is 1. The summed E-state index contributed by atoms with van der Waals surface area (Å²) in [7, 11) is 1.91. The summed E-state index contributed by atoms with van der Waals surface area (Å²) in [5.74, 6) is 0.959. The van der Waals surface area contributed by atoms with Crippen LogP contribution in [-0.2, 0) is 13.1 Å². The minimum absolute atomic E-state index is 0.736. The summed E-state index contributed by atoms with van der Waals surface area (Å²) in [6.07, 6.45) is 4.64. The van der Waals surface area contributed by atoms with Gasteiger partial charge in [-0.05, 0) is 25.6 Å². The molecule has 16 heavy (non-hydrogen) atoms. The number of furan rings is 1. The topological polar surface area (TPSA) is 43.0 Å². The molecule has 0 aromatic carbocycles. The van der Waals surface area contributed by atoms with Crippen LogP contribution in [0, 0.1) is 0 Å². The van der Waals surface area contributed by atoms with Gasteiger partial charge in [-0.3, -0.25) is 4.68 Å². The van der Waals surface area contributed by atoms with Crippen molar-refractivity contribution in [2.24, 2.45) is 0 Å². The first-order valence-electron chi connectivity index (χ1n) is 5.60. The first kappa shape index (κ1) is 11.0. The van der Waals surface area contributed by atoms with Crippen LogP contribution in [0.3, 0.4) is 0 Å². The molecule has 0 bridgehead atoms. The molecule has 0 unspecified atom stereocenters. The highest BCUT2D eigenvalue weighted by atomic mass is 16.3. The van der Waals surface area contributed by atoms with E-state index in [1.807, 2.05) is 30.1 Å². The number of aromatic nitrogens is 2. The Balaban J connectivity index is 2.34. The van der Waals surface area contributed by atoms with E-state index in [1.165, 1.54) is 0 Å². The first-order chi connectivity index (χ1) is 7.86. The lowest BCUT2D eigenvalue weighted by Crippen LogP contribution is -2.06. The zero-order valence-corrected chi connectivity index (χ0v) is 9.73. The maximum Gasteiger partial charge on any atom is 0.126 e. The van der Waals surface area contributed by atoms with E-state index in [1.54, 1.807) is 6.26 Å². The quantitative estimate of drug-likeness (QED) is 0.838. The van der Waals surface area contributed by atoms with Crippen molar-refractivity contribution < 1.29 is 4.42 Å². The maximum absolute atomic E-state index is 5.46. The molecule has 2 rings (SSSR count). The molecule has 0 saturated heterocycles. The SMILES string of the molecule is CCCn1nccc1-c1ccoc1CNC. The lowest BCUT2D eigenvalue weighted by atomic mass is 10.2. The van der Waals surface area contributed by atoms with E-state index in [2.05, 4.69) is 17.3 Å². The van der Waals surface area contributed by atoms with Crippen molar-refractivity contribution in [3.8, 4) is 11.3 Å². The van der Waals surface area contributed by atoms with Crippen LogP contribution in [0.2, 0.25) is 0 Å². The highest BCUT2D eigenvalue weighted by Crippen LogP contribution is 2.24. The van der Waals surface area contributed by atoms with E-state index < -0.39 is 0 Å². The van der Waals surface area contributed by atoms with Gasteiger partial charge in [-0.2, -0.15) is 5.10 Å². The molecule has 4 nitrogen and oxygen atoms in total. The summed E-state index contributed by atoms with van der Waals surface area (Å²) in [6.45, 7) is 3.82. The van der Waals surface area contributed by atoms with Crippen LogP contribution in [0.5, 0.6) is 0 Å². The van der Waals surface area contributed by atoms with Crippen molar-refractivity contribution in [2.75, 3.05) is 7.05 Å². The molecule has 4 heteroatoms. The van der Waals surface area contributed by atoms with Gasteiger partial charge in [0.15, 0.2) is 0 Å². The van der Waals surface area contributed by atoms with Crippen molar-refractivity contribution >= 4 is 0 Å². The average Bonchev–Trinajstić information content (AvgIpc) is 2.87. The minimum atomic E-state index is 0.736. The monoisotopic (exact) mass is 219 g/mol. The van der Waals surface area contributed by atoms with Crippen molar-refractivity contribution in [3.63, 3.8) is 0 Å². The molecule has 0 aliphatic carbocycles. The fraction of sp³-hybridized carbons (Fsp3) is 0.417. The summed E-state index contributed by atoms with van der Waals surface area (Å²) in [4.78, 5) is 0. The third-order valence-electron chi connectivity index (χ3n) is 2.51. The van der Waals surface area contributed by atoms with Crippen LogP contribution >= 0.6 is 0 Å². The van der Waals surface area contributed by atoms with Gasteiger partial charge in [-0.1, -0.05) is 6.92 Å². The molecule has 0 spiro atoms. The molecule has 1 N–H and O–H groups in total. The fourth-order valence-electron chi connectivity index (χ4n) is 1.82. The second kappa shape index (κ2) is 4.99. The van der Waals surface area contributed by atoms with Crippen LogP contribution in [0.1, 0.15) is 19.1 Å². The van der Waals surface area contributed by atoms with Crippen LogP contribution in [0.4, 0.5) is 0 Å². The average molecular weight is 219 g/mol. The van der Waals surface area contributed by atoms with E-state index in [9.17, 15) is 0 Å². The van der Waals surface area contributed by atoms with Crippen molar-refractivity contribution in [2.45, 2.75) is 26.4 Å². The fourth-order valence-corrected chi connectivity index (χ4v) is 1.82. The van der Waals surface area contributed by atoms with Crippen LogP contribution in [0.25, 0.3) is 11.3 Å². The maximum atomic E-state index is 5.46. The molecular weight excluding hydrogens is 202 g/mol. The number of rotatable bonds is 5. The number of nitrogens with zero attached hydrogens (tertiary/aromatic N) is 2. The Bertz CT molecular complexity index is 402. The smallest absolute Gasteiger partial charge is 0.126 e. The lowest BCUT2D eigenvalue weighted by molar-refractivity contribution is 0.495. The van der Waals surface area contributed by atoms with Crippen molar-refractivity contribution in [1.29, 1.82) is 0 Å². The van der Waals surface area contributed by atoms with Gasteiger partial charge in [0.1, 0.15) is 5.76 Å². The summed E-state index contributed by atoms with van der Waals surface area (Å²) < 4.78 is 7.48. The second-order valence-electron chi connectivity index (χ2n) is 3.73. The molecule has 0 fully saturated rings. The molecule has 0 radical (unpaired) electrons. The zero-order valence-electron chi connectivity index (χ0n) is 9.73. The molecule has 0 amide bonds. The van der Waals surface area contributed by atoms with E-state index >= 15 is 0 Å². The Morgan fingerprint density at radius 3 is 3.06 bits per heavy atom. The largest absolute Gasteiger partial charge is 0.467 e. The molecule has 0 atom stereocenters. The molecule has 0 saturated carbocycles. The minimum Gasteiger partial charge on any atom is -0.467 e. The number of hydrogen-bond acceptors (Lipinski definition) is 3. The normalized spacial score (nSPS) is 10.9. The molecule has 2 aromatic heterocycles. The Morgan fingerprint density at radius 2 is 2.31 bits per heavy atom. The second-order valence-corrected chi connectivity index (χ2v) is 3.73. The molecule has 0 aliphatic heterocycles. The van der Waals surface area contributed by atoms with Crippen LogP contribution in [0.15, 0.2) is 29.0 Å². The van der Waals surface area contributed by atoms with E-state index in [4.69, 9.17) is 4.42 Å². The van der Waals surface area contributed by atoms with Crippen molar-refractivity contribution in [3.05, 3.63) is 30.4 Å². The van der Waals surface area contributed by atoms with Crippen molar-refractivity contribution in [1.82, 2.24) is 15.1 Å². The molecular formula is C12H17N3O. The van der Waals surface area contributed by atoms with Crippen LogP contribution in [-0.4, -0.2) is 16.8 Å². The van der Waals surface area contributed by atoms with Gasteiger partial charge in [0.25, 0.3) is 0 Å². The van der Waals surface area contributed by atoms with E-state index in [0.717, 1.165) is 36.5 Å². The number of aryl methyl sites for hydroxylation is 1. The predicted octanol–water partition coefficient (Wildman–Crippen LogP) is 2.27. The first-order valence-corrected chi connectivity index (χ1v) is 5.60. The number of hydrogen-bond donors (Lipinski definition) is 1. The van der Waals surface area contributed by atoms with Gasteiger partial charge in [0.2, 0.25) is 0 Å². The Kier molecular flexibility index (Phi) is 3.41. The summed E-state index contributed by atoms with van der Waals surface area (Å²) in [5.41, 5.74) is 2.25. The van der Waals surface area contributed by atoms with Gasteiger partial charge < -0.3 is 9.73 Å². The standard InChI is InChI=1S/C12H17N3O/c1-3-7-15-11(4-6-14-15)10-5-8-16-12(10)9-13-2/h4-6,8,13H,3,7,9H2,1-2H3. The summed E-state index contributed by atoms with van der Waals surface area (Å²) in [5, 5.41) is 7.42. The molecule has 86 valence electrons. The van der Waals surface area contributed by atoms with Gasteiger partial charge in [0, 0.05) is 18.3 Å². The Labute approximate surface area is 95.3 Å². The summed E-state index contributed by atoms with van der Waals surface area (Å²) >= 11 is 0. The Hall–Kier alpha value is -1.55. The van der Waals surface area contributed by atoms with E-state index in [-0.39, 0.29) is 0 Å². The van der Waals surface area contributed by atoms with E-state index in [0.29, 0.717) is 0 Å². The predicted molar refractivity (Wildman–Crippen MR) is 63.0 cm³/mol. The molecule has 2 aromatic rings. The molecule has 2 heterocycles. The Morgan fingerprint density at radius 1 is 1.44 bits per heavy atom. The third-order valence-corrected chi connectivity index (χ3v) is 2.51. The van der Waals surface area contributed by atoms with Gasteiger partial charge >= 0.3 is 0 Å². The summed E-state index contributed by atoms with van der Waals surface area (Å²) in [6, 6.07) is 4.02. The van der Waals surface area contributed by atoms with Gasteiger partial charge in [0.05, 0.1) is 18.5 Å². The lowest BCUT2D eigenvalue weighted by Gasteiger charge is -2.06. The van der Waals surface area contributed by atoms with Gasteiger partial charge in [-0.25, -0.2) is 0 Å². The van der Waals surface area contributed by atoms with Crippen LogP contribution < -0.4 is 5.32 Å². The third kappa shape index (κ3) is 2.02.